The summed E-state index contributed by atoms with van der Waals surface area (Å²) in [7, 11) is -3.93. The summed E-state index contributed by atoms with van der Waals surface area (Å²) in [6, 6.07) is 0. The number of unbranched alkanes of at least 4 members (excludes halogenated alkanes) is 6. The Hall–Kier alpha value is 0.756. The maximum atomic E-state index is 11.4. The molecule has 0 aliphatic rings. The third kappa shape index (κ3) is 20.8. The van der Waals surface area contributed by atoms with Crippen LogP contribution in [0.2, 0.25) is 0 Å². The molecule has 0 spiro atoms. The molecule has 0 heterocycles. The van der Waals surface area contributed by atoms with Crippen LogP contribution in [0.3, 0.4) is 0 Å². The van der Waals surface area contributed by atoms with Gasteiger partial charge in [0.05, 0.1) is 5.75 Å². The van der Waals surface area contributed by atoms with E-state index in [-0.39, 0.29) is 76.0 Å². The van der Waals surface area contributed by atoms with Crippen LogP contribution in [0.4, 0.5) is 0 Å². The molecule has 0 radical (unpaired) electrons. The van der Waals surface area contributed by atoms with Crippen LogP contribution in [0, 0.1) is 0 Å². The first-order valence-corrected chi connectivity index (χ1v) is 8.83. The number of rotatable bonds is 13. The SMILES string of the molecule is C=CCCCCCCCCC([O-])=NCCCS(=O)(=O)O.[K+]. The van der Waals surface area contributed by atoms with E-state index in [4.69, 9.17) is 4.55 Å². The average Bonchev–Trinajstić information content (AvgIpc) is 2.37. The third-order valence-corrected chi connectivity index (χ3v) is 3.70. The predicted molar refractivity (Wildman–Crippen MR) is 80.5 cm³/mol. The molecular formula is C14H26KNO4S. The molecule has 118 valence electrons. The zero-order valence-corrected chi connectivity index (χ0v) is 17.0. The Labute approximate surface area is 171 Å². The Morgan fingerprint density at radius 1 is 1.10 bits per heavy atom. The molecule has 0 saturated carbocycles. The zero-order valence-electron chi connectivity index (χ0n) is 13.1. The third-order valence-electron chi connectivity index (χ3n) is 2.90. The minimum atomic E-state index is -3.93. The fraction of sp³-hybridized carbons (Fsp3) is 0.786. The van der Waals surface area contributed by atoms with E-state index in [2.05, 4.69) is 11.6 Å². The van der Waals surface area contributed by atoms with Gasteiger partial charge in [0.15, 0.2) is 0 Å². The zero-order chi connectivity index (χ0) is 15.3. The fourth-order valence-electron chi connectivity index (χ4n) is 1.80. The van der Waals surface area contributed by atoms with Gasteiger partial charge in [0.1, 0.15) is 0 Å². The van der Waals surface area contributed by atoms with E-state index < -0.39 is 10.1 Å². The topological polar surface area (TPSA) is 89.8 Å². The summed E-state index contributed by atoms with van der Waals surface area (Å²) in [4.78, 5) is 3.76. The van der Waals surface area contributed by atoms with Crippen LogP contribution in [0.25, 0.3) is 0 Å². The van der Waals surface area contributed by atoms with E-state index in [0.29, 0.717) is 6.42 Å². The van der Waals surface area contributed by atoms with Crippen LogP contribution < -0.4 is 56.5 Å². The Morgan fingerprint density at radius 2 is 1.67 bits per heavy atom. The summed E-state index contributed by atoms with van der Waals surface area (Å²) in [5.41, 5.74) is 0. The van der Waals surface area contributed by atoms with E-state index in [1.807, 2.05) is 6.08 Å². The molecule has 0 aromatic heterocycles. The molecule has 7 heteroatoms. The minimum Gasteiger partial charge on any atom is -0.862 e. The van der Waals surface area contributed by atoms with Gasteiger partial charge in [-0.3, -0.25) is 4.55 Å². The molecular weight excluding hydrogens is 317 g/mol. The van der Waals surface area contributed by atoms with Gasteiger partial charge in [0.25, 0.3) is 10.1 Å². The Balaban J connectivity index is 0. The minimum absolute atomic E-state index is 0. The number of hydrogen-bond acceptors (Lipinski definition) is 4. The molecule has 1 N–H and O–H groups in total. The number of nitrogens with zero attached hydrogens (tertiary/aromatic N) is 1. The Morgan fingerprint density at radius 3 is 2.24 bits per heavy atom. The van der Waals surface area contributed by atoms with Crippen LogP contribution in [-0.2, 0) is 10.1 Å². The standard InChI is InChI=1S/C14H27NO4S.K/c1-2-3-4-5-6-7-8-9-11-14(16)15-12-10-13-20(17,18)19;/h2H,1,3-13H2,(H,15,16)(H,17,18,19);/q;+1/p-1. The second-order valence-electron chi connectivity index (χ2n) is 4.86. The van der Waals surface area contributed by atoms with Crippen molar-refractivity contribution in [1.29, 1.82) is 0 Å². The molecule has 0 saturated heterocycles. The quantitative estimate of drug-likeness (QED) is 0.120. The maximum absolute atomic E-state index is 11.4. The summed E-state index contributed by atoms with van der Waals surface area (Å²) < 4.78 is 29.4. The molecule has 5 nitrogen and oxygen atoms in total. The summed E-state index contributed by atoms with van der Waals surface area (Å²) in [6.45, 7) is 3.84. The summed E-state index contributed by atoms with van der Waals surface area (Å²) >= 11 is 0. The summed E-state index contributed by atoms with van der Waals surface area (Å²) in [5, 5.41) is 11.4. The molecule has 0 amide bonds. The van der Waals surface area contributed by atoms with Crippen LogP contribution in [0.5, 0.6) is 0 Å². The van der Waals surface area contributed by atoms with Gasteiger partial charge in [0, 0.05) is 6.54 Å². The summed E-state index contributed by atoms with van der Waals surface area (Å²) in [5.74, 6) is -0.513. The van der Waals surface area contributed by atoms with Crippen molar-refractivity contribution in [2.75, 3.05) is 12.3 Å². The molecule has 0 rings (SSSR count). The normalized spacial score (nSPS) is 12.0. The molecule has 0 aromatic rings. The van der Waals surface area contributed by atoms with Gasteiger partial charge in [0.2, 0.25) is 0 Å². The van der Waals surface area contributed by atoms with Gasteiger partial charge < -0.3 is 10.1 Å². The Kier molecular flexibility index (Phi) is 17.9. The Bertz CT molecular complexity index is 382. The van der Waals surface area contributed by atoms with Gasteiger partial charge in [-0.15, -0.1) is 6.58 Å². The van der Waals surface area contributed by atoms with Crippen molar-refractivity contribution in [2.24, 2.45) is 4.99 Å². The van der Waals surface area contributed by atoms with Gasteiger partial charge >= 0.3 is 51.4 Å². The maximum Gasteiger partial charge on any atom is 1.00 e. The van der Waals surface area contributed by atoms with Crippen molar-refractivity contribution in [3.05, 3.63) is 12.7 Å². The monoisotopic (exact) mass is 343 g/mol. The van der Waals surface area contributed by atoms with Crippen molar-refractivity contribution in [2.45, 2.75) is 57.8 Å². The number of allylic oxidation sites excluding steroid dienone is 1. The van der Waals surface area contributed by atoms with E-state index in [1.165, 1.54) is 19.3 Å². The second kappa shape index (κ2) is 15.6. The predicted octanol–water partition coefficient (Wildman–Crippen LogP) is -0.666. The van der Waals surface area contributed by atoms with Crippen molar-refractivity contribution in [3.8, 4) is 0 Å². The van der Waals surface area contributed by atoms with Crippen LogP contribution in [-0.4, -0.2) is 31.2 Å². The van der Waals surface area contributed by atoms with Gasteiger partial charge in [-0.05, 0) is 38.0 Å². The summed E-state index contributed by atoms with van der Waals surface area (Å²) in [6.07, 6.45) is 10.2. The van der Waals surface area contributed by atoms with Crippen molar-refractivity contribution in [1.82, 2.24) is 0 Å². The first kappa shape index (κ1) is 24.0. The number of aliphatic imine (C=N–C) groups is 1. The molecule has 0 bridgehead atoms. The second-order valence-corrected chi connectivity index (χ2v) is 6.44. The first-order chi connectivity index (χ1) is 9.45. The molecule has 0 atom stereocenters. The van der Waals surface area contributed by atoms with Gasteiger partial charge in [-0.2, -0.15) is 8.42 Å². The smallest absolute Gasteiger partial charge is 0.862 e. The van der Waals surface area contributed by atoms with Gasteiger partial charge in [-0.25, -0.2) is 0 Å². The van der Waals surface area contributed by atoms with Crippen molar-refractivity contribution in [3.63, 3.8) is 0 Å². The largest absolute Gasteiger partial charge is 1.00 e. The molecule has 0 unspecified atom stereocenters. The van der Waals surface area contributed by atoms with E-state index >= 15 is 0 Å². The molecule has 0 aliphatic heterocycles. The van der Waals surface area contributed by atoms with E-state index in [1.54, 1.807) is 0 Å². The van der Waals surface area contributed by atoms with Gasteiger partial charge in [-0.1, -0.05) is 31.8 Å². The van der Waals surface area contributed by atoms with E-state index in [0.717, 1.165) is 25.7 Å². The molecule has 0 aliphatic carbocycles. The average molecular weight is 344 g/mol. The molecule has 0 fully saturated rings. The molecule has 0 aromatic carbocycles. The van der Waals surface area contributed by atoms with Crippen LogP contribution in [0.1, 0.15) is 57.8 Å². The van der Waals surface area contributed by atoms with Crippen molar-refractivity contribution >= 4 is 16.0 Å². The number of hydrogen-bond donors (Lipinski definition) is 1. The molecule has 21 heavy (non-hydrogen) atoms. The van der Waals surface area contributed by atoms with E-state index in [9.17, 15) is 13.5 Å². The first-order valence-electron chi connectivity index (χ1n) is 7.22. The fourth-order valence-corrected chi connectivity index (χ4v) is 2.30. The van der Waals surface area contributed by atoms with Crippen LogP contribution >= 0.6 is 0 Å². The van der Waals surface area contributed by atoms with Crippen molar-refractivity contribution < 1.29 is 69.5 Å². The van der Waals surface area contributed by atoms with Crippen LogP contribution in [0.15, 0.2) is 17.6 Å².